The SMILES string of the molecule is CC(O)C(=O)Oc1ncc2ccccc2n1.O. The van der Waals surface area contributed by atoms with Gasteiger partial charge < -0.3 is 15.3 Å². The number of aliphatic hydroxyl groups excluding tert-OH is 1. The van der Waals surface area contributed by atoms with Crippen LogP contribution < -0.4 is 4.74 Å². The number of esters is 1. The molecule has 1 unspecified atom stereocenters. The van der Waals surface area contributed by atoms with E-state index < -0.39 is 12.1 Å². The third-order valence-electron chi connectivity index (χ3n) is 2.00. The number of aliphatic hydroxyl groups is 1. The quantitative estimate of drug-likeness (QED) is 0.744. The van der Waals surface area contributed by atoms with Gasteiger partial charge in [0.1, 0.15) is 6.10 Å². The third kappa shape index (κ3) is 2.96. The largest absolute Gasteiger partial charge is 0.412 e. The molecule has 90 valence electrons. The van der Waals surface area contributed by atoms with Gasteiger partial charge in [-0.05, 0) is 13.0 Å². The summed E-state index contributed by atoms with van der Waals surface area (Å²) in [5.74, 6) is -0.768. The zero-order chi connectivity index (χ0) is 11.5. The third-order valence-corrected chi connectivity index (χ3v) is 2.00. The summed E-state index contributed by atoms with van der Waals surface area (Å²) in [6, 6.07) is 7.29. The van der Waals surface area contributed by atoms with Crippen molar-refractivity contribution in [1.82, 2.24) is 9.97 Å². The Kier molecular flexibility index (Phi) is 4.08. The second kappa shape index (κ2) is 5.33. The maximum atomic E-state index is 11.1. The second-order valence-corrected chi connectivity index (χ2v) is 3.31. The fourth-order valence-corrected chi connectivity index (χ4v) is 1.18. The summed E-state index contributed by atoms with van der Waals surface area (Å²) in [7, 11) is 0. The molecule has 0 aliphatic carbocycles. The summed E-state index contributed by atoms with van der Waals surface area (Å²) in [6.07, 6.45) is 0.377. The number of carbonyl (C=O) groups excluding carboxylic acids is 1. The average molecular weight is 236 g/mol. The molecule has 2 rings (SSSR count). The number of benzene rings is 1. The second-order valence-electron chi connectivity index (χ2n) is 3.31. The molecule has 1 atom stereocenters. The van der Waals surface area contributed by atoms with Gasteiger partial charge >= 0.3 is 12.0 Å². The zero-order valence-electron chi connectivity index (χ0n) is 9.12. The van der Waals surface area contributed by atoms with E-state index in [0.717, 1.165) is 5.39 Å². The lowest BCUT2D eigenvalue weighted by Gasteiger charge is -2.04. The van der Waals surface area contributed by atoms with Crippen LogP contribution in [0.1, 0.15) is 6.92 Å². The van der Waals surface area contributed by atoms with Gasteiger partial charge in [0.25, 0.3) is 0 Å². The molecule has 0 amide bonds. The van der Waals surface area contributed by atoms with E-state index in [1.807, 2.05) is 18.2 Å². The minimum atomic E-state index is -1.19. The van der Waals surface area contributed by atoms with Gasteiger partial charge in [0.15, 0.2) is 0 Å². The summed E-state index contributed by atoms with van der Waals surface area (Å²) in [5, 5.41) is 9.83. The van der Waals surface area contributed by atoms with Crippen molar-refractivity contribution in [3.05, 3.63) is 30.5 Å². The summed E-state index contributed by atoms with van der Waals surface area (Å²) < 4.78 is 4.77. The Morgan fingerprint density at radius 2 is 2.12 bits per heavy atom. The maximum absolute atomic E-state index is 11.1. The fraction of sp³-hybridized carbons (Fsp3) is 0.182. The summed E-state index contributed by atoms with van der Waals surface area (Å²) in [6.45, 7) is 1.32. The van der Waals surface area contributed by atoms with Crippen LogP contribution in [0.25, 0.3) is 10.9 Å². The van der Waals surface area contributed by atoms with Crippen LogP contribution in [-0.4, -0.2) is 32.6 Å². The summed E-state index contributed by atoms with van der Waals surface area (Å²) in [5.41, 5.74) is 0.686. The van der Waals surface area contributed by atoms with Crippen LogP contribution in [0.5, 0.6) is 6.01 Å². The van der Waals surface area contributed by atoms with Crippen molar-refractivity contribution < 1.29 is 20.1 Å². The molecule has 0 bridgehead atoms. The van der Waals surface area contributed by atoms with Crippen LogP contribution in [0.3, 0.4) is 0 Å². The van der Waals surface area contributed by atoms with E-state index in [9.17, 15) is 4.79 Å². The topological polar surface area (TPSA) is 104 Å². The van der Waals surface area contributed by atoms with Gasteiger partial charge in [-0.3, -0.25) is 0 Å². The number of nitrogens with zero attached hydrogens (tertiary/aromatic N) is 2. The Balaban J connectivity index is 0.00000144. The lowest BCUT2D eigenvalue weighted by Crippen LogP contribution is -2.23. The number of fused-ring (bicyclic) bond motifs is 1. The number of hydrogen-bond donors (Lipinski definition) is 1. The fourth-order valence-electron chi connectivity index (χ4n) is 1.18. The van der Waals surface area contributed by atoms with Crippen molar-refractivity contribution >= 4 is 16.9 Å². The van der Waals surface area contributed by atoms with E-state index in [2.05, 4.69) is 9.97 Å². The molecule has 6 nitrogen and oxygen atoms in total. The molecule has 2 aromatic rings. The lowest BCUT2D eigenvalue weighted by molar-refractivity contribution is -0.143. The van der Waals surface area contributed by atoms with E-state index in [1.54, 1.807) is 12.3 Å². The van der Waals surface area contributed by atoms with E-state index in [1.165, 1.54) is 6.92 Å². The predicted molar refractivity (Wildman–Crippen MR) is 60.5 cm³/mol. The molecule has 0 radical (unpaired) electrons. The Labute approximate surface area is 97.2 Å². The first-order chi connectivity index (χ1) is 7.66. The first-order valence-electron chi connectivity index (χ1n) is 4.78. The summed E-state index contributed by atoms with van der Waals surface area (Å²) >= 11 is 0. The first-order valence-corrected chi connectivity index (χ1v) is 4.78. The normalized spacial score (nSPS) is 11.6. The van der Waals surface area contributed by atoms with Gasteiger partial charge in [0.2, 0.25) is 0 Å². The molecule has 1 heterocycles. The minimum Gasteiger partial charge on any atom is -0.412 e. The van der Waals surface area contributed by atoms with Crippen molar-refractivity contribution in [1.29, 1.82) is 0 Å². The molecule has 0 aliphatic rings. The molecule has 1 aromatic carbocycles. The van der Waals surface area contributed by atoms with Crippen LogP contribution in [0.15, 0.2) is 30.5 Å². The Morgan fingerprint density at radius 1 is 1.41 bits per heavy atom. The predicted octanol–water partition coefficient (Wildman–Crippen LogP) is 0.0913. The molecule has 3 N–H and O–H groups in total. The number of ether oxygens (including phenoxy) is 1. The van der Waals surface area contributed by atoms with Crippen LogP contribution in [0.4, 0.5) is 0 Å². The van der Waals surface area contributed by atoms with E-state index in [-0.39, 0.29) is 11.5 Å². The van der Waals surface area contributed by atoms with Crippen molar-refractivity contribution in [2.45, 2.75) is 13.0 Å². The molecule has 17 heavy (non-hydrogen) atoms. The van der Waals surface area contributed by atoms with Crippen LogP contribution in [0.2, 0.25) is 0 Å². The number of rotatable bonds is 2. The van der Waals surface area contributed by atoms with Gasteiger partial charge in [-0.1, -0.05) is 18.2 Å². The molecular weight excluding hydrogens is 224 g/mol. The Morgan fingerprint density at radius 3 is 2.82 bits per heavy atom. The van der Waals surface area contributed by atoms with Gasteiger partial charge in [-0.15, -0.1) is 0 Å². The molecule has 0 fully saturated rings. The number of hydrogen-bond acceptors (Lipinski definition) is 5. The highest BCUT2D eigenvalue weighted by Gasteiger charge is 2.13. The zero-order valence-corrected chi connectivity index (χ0v) is 9.12. The van der Waals surface area contributed by atoms with Crippen LogP contribution >= 0.6 is 0 Å². The molecule has 1 aromatic heterocycles. The van der Waals surface area contributed by atoms with Gasteiger partial charge in [-0.2, -0.15) is 4.98 Å². The molecule has 0 saturated carbocycles. The highest BCUT2D eigenvalue weighted by molar-refractivity contribution is 5.79. The van der Waals surface area contributed by atoms with E-state index in [4.69, 9.17) is 9.84 Å². The van der Waals surface area contributed by atoms with Crippen molar-refractivity contribution in [3.63, 3.8) is 0 Å². The number of aromatic nitrogens is 2. The highest BCUT2D eigenvalue weighted by Crippen LogP contribution is 2.13. The lowest BCUT2D eigenvalue weighted by atomic mass is 10.2. The minimum absolute atomic E-state index is 0. The Hall–Kier alpha value is -2.05. The van der Waals surface area contributed by atoms with Crippen molar-refractivity contribution in [2.24, 2.45) is 0 Å². The van der Waals surface area contributed by atoms with Gasteiger partial charge in [-0.25, -0.2) is 9.78 Å². The maximum Gasteiger partial charge on any atom is 0.342 e. The first kappa shape index (κ1) is 13.0. The monoisotopic (exact) mass is 236 g/mol. The number of carbonyl (C=O) groups is 1. The average Bonchev–Trinajstić information content (AvgIpc) is 2.28. The van der Waals surface area contributed by atoms with Gasteiger partial charge in [0.05, 0.1) is 5.52 Å². The molecular formula is C11H12N2O4. The van der Waals surface area contributed by atoms with Crippen molar-refractivity contribution in [2.75, 3.05) is 0 Å². The Bertz CT molecular complexity index is 528. The van der Waals surface area contributed by atoms with E-state index >= 15 is 0 Å². The molecule has 6 heteroatoms. The van der Waals surface area contributed by atoms with E-state index in [0.29, 0.717) is 5.52 Å². The summed E-state index contributed by atoms with van der Waals surface area (Å²) in [4.78, 5) is 19.0. The van der Waals surface area contributed by atoms with Crippen LogP contribution in [0, 0.1) is 0 Å². The van der Waals surface area contributed by atoms with Crippen LogP contribution in [-0.2, 0) is 4.79 Å². The van der Waals surface area contributed by atoms with Gasteiger partial charge in [0, 0.05) is 11.6 Å². The standard InChI is InChI=1S/C11H10N2O3.H2O/c1-7(14)10(15)16-11-12-6-8-4-2-3-5-9(8)13-11;/h2-7,14H,1H3;1H2. The smallest absolute Gasteiger partial charge is 0.342 e. The number of para-hydroxylation sites is 1. The highest BCUT2D eigenvalue weighted by atomic mass is 16.6. The molecule has 0 saturated heterocycles. The van der Waals surface area contributed by atoms with Crippen molar-refractivity contribution in [3.8, 4) is 6.01 Å². The molecule has 0 spiro atoms. The molecule has 0 aliphatic heterocycles.